The van der Waals surface area contributed by atoms with Crippen LogP contribution in [-0.2, 0) is 9.47 Å². The van der Waals surface area contributed by atoms with Crippen LogP contribution in [0.1, 0.15) is 43.6 Å². The first-order valence-electron chi connectivity index (χ1n) is 9.28. The van der Waals surface area contributed by atoms with E-state index in [1.807, 2.05) is 0 Å². The van der Waals surface area contributed by atoms with Gasteiger partial charge in [0.25, 0.3) is 0 Å². The Morgan fingerprint density at radius 2 is 1.96 bits per heavy atom. The number of benzene rings is 1. The largest absolute Gasteiger partial charge is 0.353 e. The van der Waals surface area contributed by atoms with E-state index in [0.29, 0.717) is 5.92 Å². The summed E-state index contributed by atoms with van der Waals surface area (Å²) in [6, 6.07) is 11.8. The first-order chi connectivity index (χ1) is 11.5. The molecule has 0 aromatic heterocycles. The number of rotatable bonds is 7. The van der Waals surface area contributed by atoms with Crippen LogP contribution >= 0.6 is 0 Å². The fourth-order valence-corrected chi connectivity index (χ4v) is 3.47. The Morgan fingerprint density at radius 1 is 1.17 bits per heavy atom. The minimum atomic E-state index is -1.07. The molecule has 1 aliphatic heterocycles. The Kier molecular flexibility index (Phi) is 8.04. The van der Waals surface area contributed by atoms with E-state index in [1.54, 1.807) is 0 Å². The summed E-state index contributed by atoms with van der Waals surface area (Å²) in [5.41, 5.74) is 1.37. The minimum Gasteiger partial charge on any atom is -0.353 e. The second-order valence-corrected chi connectivity index (χ2v) is 13.3. The van der Waals surface area contributed by atoms with Crippen molar-refractivity contribution < 1.29 is 9.47 Å². The van der Waals surface area contributed by atoms with Crippen molar-refractivity contribution in [2.45, 2.75) is 70.0 Å². The third kappa shape index (κ3) is 7.66. The molecule has 24 heavy (non-hydrogen) atoms. The fraction of sp³-hybridized carbons (Fsp3) is 0.619. The van der Waals surface area contributed by atoms with Crippen molar-refractivity contribution in [1.82, 2.24) is 0 Å². The molecule has 0 spiro atoms. The average Bonchev–Trinajstić information content (AvgIpc) is 2.58. The van der Waals surface area contributed by atoms with Gasteiger partial charge in [-0.2, -0.15) is 0 Å². The van der Waals surface area contributed by atoms with Gasteiger partial charge in [-0.1, -0.05) is 50.0 Å². The highest BCUT2D eigenvalue weighted by molar-refractivity contribution is 6.76. The summed E-state index contributed by atoms with van der Waals surface area (Å²) >= 11 is 0. The van der Waals surface area contributed by atoms with Crippen molar-refractivity contribution in [1.29, 1.82) is 0 Å². The lowest BCUT2D eigenvalue weighted by molar-refractivity contribution is -0.163. The van der Waals surface area contributed by atoms with Crippen LogP contribution < -0.4 is 0 Å². The standard InChI is InChI=1S/C21H32O2Si/c1-24(2,3)18-10-8-13-20(19-11-5-4-6-12-19)15-17-23-21-14-7-9-16-22-21/h4-6,11-12,20-21H,7,9,13-18H2,1-3H3. The summed E-state index contributed by atoms with van der Waals surface area (Å²) in [4.78, 5) is 0. The highest BCUT2D eigenvalue weighted by Crippen LogP contribution is 2.24. The quantitative estimate of drug-likeness (QED) is 0.485. The van der Waals surface area contributed by atoms with E-state index < -0.39 is 8.07 Å². The van der Waals surface area contributed by atoms with Gasteiger partial charge >= 0.3 is 0 Å². The molecule has 0 bridgehead atoms. The van der Waals surface area contributed by atoms with Crippen molar-refractivity contribution >= 4 is 8.07 Å². The minimum absolute atomic E-state index is 0.00754. The first-order valence-corrected chi connectivity index (χ1v) is 13.0. The Hall–Kier alpha value is -1.08. The van der Waals surface area contributed by atoms with Crippen LogP contribution in [0.3, 0.4) is 0 Å². The predicted octanol–water partition coefficient (Wildman–Crippen LogP) is 5.44. The molecule has 1 aromatic rings. The maximum atomic E-state index is 5.93. The molecule has 1 fully saturated rings. The van der Waals surface area contributed by atoms with Gasteiger partial charge in [0, 0.05) is 19.1 Å². The van der Waals surface area contributed by atoms with Gasteiger partial charge in [-0.15, -0.1) is 11.8 Å². The number of hydrogen-bond acceptors (Lipinski definition) is 2. The van der Waals surface area contributed by atoms with Crippen LogP contribution in [0.15, 0.2) is 30.3 Å². The van der Waals surface area contributed by atoms with E-state index in [1.165, 1.54) is 18.4 Å². The van der Waals surface area contributed by atoms with E-state index in [-0.39, 0.29) is 6.29 Å². The molecule has 1 aromatic carbocycles. The van der Waals surface area contributed by atoms with Crippen molar-refractivity contribution in [3.63, 3.8) is 0 Å². The molecule has 2 atom stereocenters. The van der Waals surface area contributed by atoms with Gasteiger partial charge in [0.1, 0.15) is 0 Å². The lowest BCUT2D eigenvalue weighted by atomic mass is 9.93. The van der Waals surface area contributed by atoms with Gasteiger partial charge in [-0.25, -0.2) is 0 Å². The lowest BCUT2D eigenvalue weighted by Crippen LogP contribution is -2.23. The molecule has 132 valence electrons. The topological polar surface area (TPSA) is 18.5 Å². The van der Waals surface area contributed by atoms with Gasteiger partial charge in [0.15, 0.2) is 6.29 Å². The van der Waals surface area contributed by atoms with Crippen LogP contribution in [0.5, 0.6) is 0 Å². The molecule has 3 heteroatoms. The SMILES string of the molecule is C[Si](C)(C)CC#CCC(CCOC1CCCCO1)c1ccccc1. The van der Waals surface area contributed by atoms with Crippen LogP contribution in [0, 0.1) is 11.8 Å². The molecule has 2 rings (SSSR count). The van der Waals surface area contributed by atoms with Crippen LogP contribution in [0.4, 0.5) is 0 Å². The van der Waals surface area contributed by atoms with Crippen LogP contribution in [0.25, 0.3) is 0 Å². The Bertz CT molecular complexity index is 518. The van der Waals surface area contributed by atoms with Gasteiger partial charge in [0.05, 0.1) is 14.7 Å². The smallest absolute Gasteiger partial charge is 0.157 e. The fourth-order valence-electron chi connectivity index (χ4n) is 2.82. The van der Waals surface area contributed by atoms with Gasteiger partial charge in [-0.05, 0) is 37.2 Å². The van der Waals surface area contributed by atoms with Crippen molar-refractivity contribution in [2.24, 2.45) is 0 Å². The molecule has 2 unspecified atom stereocenters. The zero-order valence-electron chi connectivity index (χ0n) is 15.5. The van der Waals surface area contributed by atoms with E-state index in [9.17, 15) is 0 Å². The maximum Gasteiger partial charge on any atom is 0.157 e. The zero-order chi connectivity index (χ0) is 17.3. The second kappa shape index (κ2) is 10.0. The van der Waals surface area contributed by atoms with E-state index in [2.05, 4.69) is 61.8 Å². The molecule has 0 radical (unpaired) electrons. The Labute approximate surface area is 149 Å². The van der Waals surface area contributed by atoms with Crippen LogP contribution in [0.2, 0.25) is 25.7 Å². The summed E-state index contributed by atoms with van der Waals surface area (Å²) in [5, 5.41) is 0. The Balaban J connectivity index is 1.86. The second-order valence-electron chi connectivity index (χ2n) is 7.86. The third-order valence-electron chi connectivity index (χ3n) is 4.27. The van der Waals surface area contributed by atoms with Crippen LogP contribution in [-0.4, -0.2) is 27.6 Å². The molecule has 0 aliphatic carbocycles. The lowest BCUT2D eigenvalue weighted by Gasteiger charge is -2.24. The van der Waals surface area contributed by atoms with E-state index in [4.69, 9.17) is 9.47 Å². The average molecular weight is 345 g/mol. The molecule has 2 nitrogen and oxygen atoms in total. The summed E-state index contributed by atoms with van der Waals surface area (Å²) < 4.78 is 11.6. The molecular formula is C21H32O2Si. The predicted molar refractivity (Wildman–Crippen MR) is 104 cm³/mol. The molecule has 0 saturated carbocycles. The first kappa shape index (κ1) is 19.2. The van der Waals surface area contributed by atoms with Gasteiger partial charge in [-0.3, -0.25) is 0 Å². The van der Waals surface area contributed by atoms with Crippen molar-refractivity contribution in [2.75, 3.05) is 13.2 Å². The Morgan fingerprint density at radius 3 is 2.62 bits per heavy atom. The number of ether oxygens (including phenoxy) is 2. The summed E-state index contributed by atoms with van der Waals surface area (Å²) in [6.07, 6.45) is 5.35. The normalized spacial score (nSPS) is 19.4. The molecule has 1 aliphatic rings. The molecule has 1 heterocycles. The van der Waals surface area contributed by atoms with Gasteiger partial charge in [0.2, 0.25) is 0 Å². The highest BCUT2D eigenvalue weighted by atomic mass is 28.3. The summed E-state index contributed by atoms with van der Waals surface area (Å²) in [6.45, 7) is 8.70. The molecule has 1 saturated heterocycles. The summed E-state index contributed by atoms with van der Waals surface area (Å²) in [5.74, 6) is 7.29. The maximum absolute atomic E-state index is 5.93. The molecular weight excluding hydrogens is 312 g/mol. The number of hydrogen-bond donors (Lipinski definition) is 0. The molecule has 0 N–H and O–H groups in total. The summed E-state index contributed by atoms with van der Waals surface area (Å²) in [7, 11) is -1.07. The van der Waals surface area contributed by atoms with E-state index in [0.717, 1.165) is 38.5 Å². The van der Waals surface area contributed by atoms with Crippen molar-refractivity contribution in [3.05, 3.63) is 35.9 Å². The highest BCUT2D eigenvalue weighted by Gasteiger charge is 2.16. The van der Waals surface area contributed by atoms with E-state index >= 15 is 0 Å². The third-order valence-corrected chi connectivity index (χ3v) is 5.51. The van der Waals surface area contributed by atoms with Crippen molar-refractivity contribution in [3.8, 4) is 11.8 Å². The zero-order valence-corrected chi connectivity index (χ0v) is 16.5. The van der Waals surface area contributed by atoms with Gasteiger partial charge < -0.3 is 9.47 Å². The monoisotopic (exact) mass is 344 g/mol. The molecule has 0 amide bonds.